The van der Waals surface area contributed by atoms with Crippen LogP contribution < -0.4 is 10.6 Å². The van der Waals surface area contributed by atoms with E-state index in [1.165, 1.54) is 5.56 Å². The molecule has 0 aliphatic carbocycles. The highest BCUT2D eigenvalue weighted by atomic mass is 32.1. The fraction of sp³-hybridized carbons (Fsp3) is 0.182. The van der Waals surface area contributed by atoms with Crippen LogP contribution in [0.4, 0.5) is 5.69 Å². The smallest absolute Gasteiger partial charge is 0.241 e. The maximum atomic E-state index is 12.6. The van der Waals surface area contributed by atoms with Crippen molar-refractivity contribution in [1.29, 1.82) is 5.26 Å². The maximum Gasteiger partial charge on any atom is 0.241 e. The molecule has 0 spiro atoms. The molecule has 5 heteroatoms. The monoisotopic (exact) mass is 375 g/mol. The lowest BCUT2D eigenvalue weighted by atomic mass is 10.0. The number of nitrogens with zero attached hydrogens (tertiary/aromatic N) is 1. The van der Waals surface area contributed by atoms with Crippen molar-refractivity contribution in [3.8, 4) is 6.07 Å². The van der Waals surface area contributed by atoms with E-state index in [-0.39, 0.29) is 11.9 Å². The highest BCUT2D eigenvalue weighted by Gasteiger charge is 2.21. The third kappa shape index (κ3) is 4.82. The molecular weight excluding hydrogens is 354 g/mol. The summed E-state index contributed by atoms with van der Waals surface area (Å²) in [6, 6.07) is 20.9. The molecule has 4 nitrogen and oxygen atoms in total. The van der Waals surface area contributed by atoms with Crippen molar-refractivity contribution in [3.63, 3.8) is 0 Å². The minimum absolute atomic E-state index is 0.0488. The van der Waals surface area contributed by atoms with E-state index in [9.17, 15) is 4.79 Å². The van der Waals surface area contributed by atoms with E-state index in [0.717, 1.165) is 10.4 Å². The molecule has 2 atom stereocenters. The second kappa shape index (κ2) is 8.63. The van der Waals surface area contributed by atoms with E-state index >= 15 is 0 Å². The number of benzene rings is 2. The summed E-state index contributed by atoms with van der Waals surface area (Å²) in [6.07, 6.45) is 0. The van der Waals surface area contributed by atoms with E-state index < -0.39 is 6.04 Å². The summed E-state index contributed by atoms with van der Waals surface area (Å²) in [6.45, 7) is 3.92. The van der Waals surface area contributed by atoms with Gasteiger partial charge in [0.25, 0.3) is 0 Å². The summed E-state index contributed by atoms with van der Waals surface area (Å²) in [4.78, 5) is 13.8. The van der Waals surface area contributed by atoms with E-state index in [4.69, 9.17) is 5.26 Å². The van der Waals surface area contributed by atoms with Crippen molar-refractivity contribution in [2.45, 2.75) is 25.9 Å². The van der Waals surface area contributed by atoms with Crippen molar-refractivity contribution >= 4 is 22.9 Å². The van der Waals surface area contributed by atoms with Crippen molar-refractivity contribution in [2.75, 3.05) is 5.32 Å². The second-order valence-corrected chi connectivity index (χ2v) is 7.41. The van der Waals surface area contributed by atoms with Gasteiger partial charge in [0.2, 0.25) is 5.91 Å². The molecule has 0 aliphatic rings. The number of carbonyl (C=O) groups is 1. The Morgan fingerprint density at radius 1 is 1.07 bits per heavy atom. The molecule has 27 heavy (non-hydrogen) atoms. The SMILES string of the molecule is Cc1ccc([C@H](N[C@H](C)C(=O)Nc2ccc(C#N)cc2)c2cccs2)cc1. The Labute approximate surface area is 163 Å². The summed E-state index contributed by atoms with van der Waals surface area (Å²) < 4.78 is 0. The molecule has 136 valence electrons. The summed E-state index contributed by atoms with van der Waals surface area (Å²) in [5.74, 6) is -0.117. The van der Waals surface area contributed by atoms with Crippen LogP contribution in [0, 0.1) is 18.3 Å². The van der Waals surface area contributed by atoms with Crippen molar-refractivity contribution in [1.82, 2.24) is 5.32 Å². The third-order valence-electron chi connectivity index (χ3n) is 4.33. The van der Waals surface area contributed by atoms with Crippen LogP contribution in [-0.4, -0.2) is 11.9 Å². The van der Waals surface area contributed by atoms with Gasteiger partial charge in [0, 0.05) is 10.6 Å². The molecule has 3 rings (SSSR count). The fourth-order valence-electron chi connectivity index (χ4n) is 2.76. The first-order valence-corrected chi connectivity index (χ1v) is 9.62. The molecule has 1 heterocycles. The molecule has 0 aliphatic heterocycles. The van der Waals surface area contributed by atoms with Gasteiger partial charge in [-0.15, -0.1) is 11.3 Å². The van der Waals surface area contributed by atoms with Gasteiger partial charge in [-0.2, -0.15) is 5.26 Å². The van der Waals surface area contributed by atoms with Gasteiger partial charge in [-0.25, -0.2) is 0 Å². The first kappa shape index (κ1) is 18.8. The summed E-state index contributed by atoms with van der Waals surface area (Å²) in [5.41, 5.74) is 3.57. The second-order valence-electron chi connectivity index (χ2n) is 6.43. The molecule has 2 N–H and O–H groups in total. The number of anilines is 1. The first-order chi connectivity index (χ1) is 13.1. The average molecular weight is 375 g/mol. The quantitative estimate of drug-likeness (QED) is 0.660. The van der Waals surface area contributed by atoms with Gasteiger partial charge in [-0.3, -0.25) is 10.1 Å². The standard InChI is InChI=1S/C22H21N3OS/c1-15-5-9-18(10-6-15)21(20-4-3-13-27-20)24-16(2)22(26)25-19-11-7-17(14-23)8-12-19/h3-13,16,21,24H,1-2H3,(H,25,26)/t16-,21+/m1/s1. The number of aryl methyl sites for hydroxylation is 1. The lowest BCUT2D eigenvalue weighted by Crippen LogP contribution is -2.40. The van der Waals surface area contributed by atoms with E-state index in [0.29, 0.717) is 11.3 Å². The van der Waals surface area contributed by atoms with Gasteiger partial charge in [0.1, 0.15) is 0 Å². The van der Waals surface area contributed by atoms with Crippen LogP contribution in [0.2, 0.25) is 0 Å². The minimum atomic E-state index is -0.394. The van der Waals surface area contributed by atoms with Crippen LogP contribution in [0.5, 0.6) is 0 Å². The molecule has 1 amide bonds. The van der Waals surface area contributed by atoms with Gasteiger partial charge >= 0.3 is 0 Å². The number of carbonyl (C=O) groups excluding carboxylic acids is 1. The molecule has 0 saturated heterocycles. The predicted octanol–water partition coefficient (Wildman–Crippen LogP) is 4.63. The normalized spacial score (nSPS) is 12.8. The summed E-state index contributed by atoms with van der Waals surface area (Å²) >= 11 is 1.67. The predicted molar refractivity (Wildman–Crippen MR) is 110 cm³/mol. The van der Waals surface area contributed by atoms with E-state index in [1.807, 2.05) is 18.4 Å². The number of amides is 1. The molecule has 2 aromatic carbocycles. The Hall–Kier alpha value is -2.94. The van der Waals surface area contributed by atoms with Crippen LogP contribution in [0.3, 0.4) is 0 Å². The summed E-state index contributed by atoms with van der Waals surface area (Å²) in [7, 11) is 0. The third-order valence-corrected chi connectivity index (χ3v) is 5.27. The lowest BCUT2D eigenvalue weighted by molar-refractivity contribution is -0.117. The summed E-state index contributed by atoms with van der Waals surface area (Å²) in [5, 5.41) is 17.2. The Morgan fingerprint density at radius 3 is 2.37 bits per heavy atom. The molecular formula is C22H21N3OS. The van der Waals surface area contributed by atoms with Crippen molar-refractivity contribution in [2.24, 2.45) is 0 Å². The number of hydrogen-bond acceptors (Lipinski definition) is 4. The van der Waals surface area contributed by atoms with Crippen LogP contribution in [0.25, 0.3) is 0 Å². The van der Waals surface area contributed by atoms with E-state index in [2.05, 4.69) is 54.0 Å². The van der Waals surface area contributed by atoms with Crippen LogP contribution >= 0.6 is 11.3 Å². The Balaban J connectivity index is 1.73. The maximum absolute atomic E-state index is 12.6. The topological polar surface area (TPSA) is 64.9 Å². The largest absolute Gasteiger partial charge is 0.325 e. The zero-order valence-electron chi connectivity index (χ0n) is 15.3. The lowest BCUT2D eigenvalue weighted by Gasteiger charge is -2.23. The zero-order valence-corrected chi connectivity index (χ0v) is 16.1. The molecule has 0 fully saturated rings. The molecule has 1 aromatic heterocycles. The van der Waals surface area contributed by atoms with Gasteiger partial charge in [-0.05, 0) is 55.1 Å². The van der Waals surface area contributed by atoms with Gasteiger partial charge in [0.15, 0.2) is 0 Å². The molecule has 0 radical (unpaired) electrons. The van der Waals surface area contributed by atoms with Crippen LogP contribution in [-0.2, 0) is 4.79 Å². The number of rotatable bonds is 6. The highest BCUT2D eigenvalue weighted by Crippen LogP contribution is 2.27. The zero-order chi connectivity index (χ0) is 19.2. The Kier molecular flexibility index (Phi) is 6.02. The van der Waals surface area contributed by atoms with Crippen LogP contribution in [0.1, 0.15) is 34.5 Å². The van der Waals surface area contributed by atoms with Gasteiger partial charge < -0.3 is 5.32 Å². The number of hydrogen-bond donors (Lipinski definition) is 2. The van der Waals surface area contributed by atoms with Gasteiger partial charge in [0.05, 0.1) is 23.7 Å². The average Bonchev–Trinajstić information content (AvgIpc) is 3.22. The highest BCUT2D eigenvalue weighted by molar-refractivity contribution is 7.10. The molecule has 0 unspecified atom stereocenters. The Bertz CT molecular complexity index is 925. The molecule has 0 saturated carbocycles. The van der Waals surface area contributed by atoms with Crippen molar-refractivity contribution in [3.05, 3.63) is 87.6 Å². The Morgan fingerprint density at radius 2 is 1.78 bits per heavy atom. The van der Waals surface area contributed by atoms with E-state index in [1.54, 1.807) is 35.6 Å². The first-order valence-electron chi connectivity index (χ1n) is 8.74. The molecule has 0 bridgehead atoms. The fourth-order valence-corrected chi connectivity index (χ4v) is 3.57. The number of thiophene rings is 1. The number of nitrogens with one attached hydrogen (secondary N) is 2. The number of nitriles is 1. The van der Waals surface area contributed by atoms with Crippen molar-refractivity contribution < 1.29 is 4.79 Å². The minimum Gasteiger partial charge on any atom is -0.325 e. The molecule has 3 aromatic rings. The van der Waals surface area contributed by atoms with Gasteiger partial charge in [-0.1, -0.05) is 35.9 Å². The van der Waals surface area contributed by atoms with Crippen LogP contribution in [0.15, 0.2) is 66.0 Å².